The van der Waals surface area contributed by atoms with Crippen LogP contribution >= 0.6 is 11.3 Å². The van der Waals surface area contributed by atoms with E-state index >= 15 is 0 Å². The number of pyridine rings is 1. The fourth-order valence-corrected chi connectivity index (χ4v) is 4.74. The molecule has 4 heterocycles. The van der Waals surface area contributed by atoms with Crippen molar-refractivity contribution in [1.82, 2.24) is 9.38 Å². The molecular weight excluding hydrogens is 452 g/mol. The van der Waals surface area contributed by atoms with Gasteiger partial charge < -0.3 is 15.3 Å². The molecule has 0 spiro atoms. The largest absolute Gasteiger partial charge is 0.478 e. The molecule has 4 rings (SSSR count). The number of nitrogens with zero attached hydrogens (tertiary/aromatic N) is 4. The highest BCUT2D eigenvalue weighted by molar-refractivity contribution is 7.08. The third-order valence-corrected chi connectivity index (χ3v) is 6.45. The number of thiophene rings is 1. The topological polar surface area (TPSA) is 111 Å². The Balaban J connectivity index is 1.83. The molecule has 3 aromatic heterocycles. The molecule has 8 nitrogen and oxygen atoms in total. The minimum Gasteiger partial charge on any atom is -0.478 e. The van der Waals surface area contributed by atoms with Crippen LogP contribution < -0.4 is 15.8 Å². The number of alkyl halides is 2. The molecule has 33 heavy (non-hydrogen) atoms. The van der Waals surface area contributed by atoms with Crippen LogP contribution in [0.4, 0.5) is 20.3 Å². The zero-order chi connectivity index (χ0) is 23.9. The van der Waals surface area contributed by atoms with Crippen molar-refractivity contribution in [2.24, 2.45) is 0 Å². The number of carboxylic acids is 1. The number of nitriles is 1. The van der Waals surface area contributed by atoms with Gasteiger partial charge in [-0.2, -0.15) is 5.26 Å². The smallest absolute Gasteiger partial charge is 0.338 e. The van der Waals surface area contributed by atoms with E-state index in [4.69, 9.17) is 0 Å². The molecule has 0 radical (unpaired) electrons. The summed E-state index contributed by atoms with van der Waals surface area (Å²) < 4.78 is 28.6. The number of aromatic carboxylic acids is 1. The van der Waals surface area contributed by atoms with Crippen LogP contribution in [0.2, 0.25) is 0 Å². The predicted molar refractivity (Wildman–Crippen MR) is 121 cm³/mol. The maximum atomic E-state index is 13.7. The Hall–Kier alpha value is -3.52. The fourth-order valence-electron chi connectivity index (χ4n) is 3.97. The van der Waals surface area contributed by atoms with Crippen LogP contribution in [0.15, 0.2) is 27.8 Å². The highest BCUT2D eigenvalue weighted by atomic mass is 32.1. The highest BCUT2D eigenvalue weighted by Gasteiger charge is 2.35. The van der Waals surface area contributed by atoms with Crippen LogP contribution in [0.3, 0.4) is 0 Å². The van der Waals surface area contributed by atoms with Gasteiger partial charge in [-0.25, -0.2) is 18.6 Å². The summed E-state index contributed by atoms with van der Waals surface area (Å²) in [6.45, 7) is 3.57. The SMILES string of the molecule is Cc1cc([C@@H](C)Nc2cscc2C(=O)O)c2nc(N3CCC(F)(F)CC3)c(C#N)c(=O)n2c1. The number of rotatable bonds is 5. The summed E-state index contributed by atoms with van der Waals surface area (Å²) >= 11 is 1.25. The first-order valence-electron chi connectivity index (χ1n) is 10.3. The molecule has 1 atom stereocenters. The van der Waals surface area contributed by atoms with Crippen molar-refractivity contribution >= 4 is 34.5 Å². The second-order valence-electron chi connectivity index (χ2n) is 8.11. The normalized spacial score (nSPS) is 16.4. The highest BCUT2D eigenvalue weighted by Crippen LogP contribution is 2.32. The lowest BCUT2D eigenvalue weighted by Gasteiger charge is -2.33. The van der Waals surface area contributed by atoms with Gasteiger partial charge in [0.2, 0.25) is 0 Å². The zero-order valence-corrected chi connectivity index (χ0v) is 18.7. The van der Waals surface area contributed by atoms with Crippen LogP contribution in [0, 0.1) is 18.3 Å². The standard InChI is InChI=1S/C22H21F2N5O3S/c1-12-7-14(13(2)26-17-11-33-10-16(17)21(31)32)19-27-18(15(8-25)20(30)29(19)9-12)28-5-3-22(23,24)4-6-28/h7,9-11,13,26H,3-6H2,1-2H3,(H,31,32)/t13-/m1/s1. The van der Waals surface area contributed by atoms with Gasteiger partial charge in [0.15, 0.2) is 11.4 Å². The van der Waals surface area contributed by atoms with Crippen molar-refractivity contribution in [3.05, 3.63) is 55.6 Å². The maximum Gasteiger partial charge on any atom is 0.338 e. The number of hydrogen-bond acceptors (Lipinski definition) is 7. The van der Waals surface area contributed by atoms with E-state index in [1.807, 2.05) is 19.1 Å². The van der Waals surface area contributed by atoms with Crippen molar-refractivity contribution in [3.63, 3.8) is 0 Å². The number of anilines is 2. The van der Waals surface area contributed by atoms with Gasteiger partial charge >= 0.3 is 5.97 Å². The quantitative estimate of drug-likeness (QED) is 0.575. The second-order valence-corrected chi connectivity index (χ2v) is 8.85. The van der Waals surface area contributed by atoms with E-state index < -0.39 is 23.5 Å². The number of aromatic nitrogens is 2. The van der Waals surface area contributed by atoms with Crippen LogP contribution in [-0.4, -0.2) is 39.5 Å². The van der Waals surface area contributed by atoms with E-state index in [0.29, 0.717) is 11.3 Å². The number of nitrogens with one attached hydrogen (secondary N) is 1. The van der Waals surface area contributed by atoms with Gasteiger partial charge in [-0.15, -0.1) is 11.3 Å². The van der Waals surface area contributed by atoms with E-state index in [2.05, 4.69) is 10.3 Å². The molecule has 0 bridgehead atoms. The first-order valence-corrected chi connectivity index (χ1v) is 11.2. The summed E-state index contributed by atoms with van der Waals surface area (Å²) in [6, 6.07) is 3.28. The minimum absolute atomic E-state index is 0.0177. The molecule has 11 heteroatoms. The molecule has 0 unspecified atom stereocenters. The number of aryl methyl sites for hydroxylation is 1. The van der Waals surface area contributed by atoms with Gasteiger partial charge in [-0.1, -0.05) is 0 Å². The third kappa shape index (κ3) is 4.26. The maximum absolute atomic E-state index is 13.7. The van der Waals surface area contributed by atoms with Gasteiger partial charge in [0.1, 0.15) is 11.7 Å². The molecule has 1 saturated heterocycles. The van der Waals surface area contributed by atoms with Gasteiger partial charge in [0.25, 0.3) is 11.5 Å². The molecule has 0 saturated carbocycles. The van der Waals surface area contributed by atoms with Crippen LogP contribution in [0.5, 0.6) is 0 Å². The number of halogens is 2. The Labute approximate surface area is 191 Å². The molecule has 0 aliphatic carbocycles. The molecule has 2 N–H and O–H groups in total. The molecule has 0 amide bonds. The molecule has 172 valence electrons. The lowest BCUT2D eigenvalue weighted by atomic mass is 10.1. The number of carboxylic acid groups (broad SMARTS) is 1. The van der Waals surface area contributed by atoms with E-state index in [-0.39, 0.29) is 48.5 Å². The Morgan fingerprint density at radius 2 is 2.06 bits per heavy atom. The molecule has 3 aromatic rings. The van der Waals surface area contributed by atoms with Crippen LogP contribution in [0.1, 0.15) is 52.9 Å². The molecule has 1 aliphatic rings. The Morgan fingerprint density at radius 3 is 2.70 bits per heavy atom. The molecule has 0 aromatic carbocycles. The van der Waals surface area contributed by atoms with Crippen molar-refractivity contribution in [2.75, 3.05) is 23.3 Å². The average Bonchev–Trinajstić information content (AvgIpc) is 3.22. The number of piperidine rings is 1. The first kappa shape index (κ1) is 22.7. The van der Waals surface area contributed by atoms with Crippen LogP contribution in [0.25, 0.3) is 5.65 Å². The second kappa shape index (κ2) is 8.44. The average molecular weight is 474 g/mol. The van der Waals surface area contributed by atoms with Crippen molar-refractivity contribution in [2.45, 2.75) is 38.7 Å². The van der Waals surface area contributed by atoms with E-state index in [0.717, 1.165) is 5.56 Å². The van der Waals surface area contributed by atoms with Gasteiger partial charge in [0, 0.05) is 48.5 Å². The number of hydrogen-bond donors (Lipinski definition) is 2. The minimum atomic E-state index is -2.78. The Kier molecular flexibility index (Phi) is 5.80. The number of carbonyl (C=O) groups is 1. The van der Waals surface area contributed by atoms with E-state index in [1.54, 1.807) is 23.4 Å². The lowest BCUT2D eigenvalue weighted by Crippen LogP contribution is -2.41. The van der Waals surface area contributed by atoms with Crippen molar-refractivity contribution in [1.29, 1.82) is 5.26 Å². The third-order valence-electron chi connectivity index (χ3n) is 5.71. The van der Waals surface area contributed by atoms with E-state index in [1.165, 1.54) is 21.1 Å². The van der Waals surface area contributed by atoms with Gasteiger partial charge in [0.05, 0.1) is 17.3 Å². The molecule has 1 fully saturated rings. The summed E-state index contributed by atoms with van der Waals surface area (Å²) in [5, 5.41) is 25.4. The van der Waals surface area contributed by atoms with Crippen molar-refractivity contribution < 1.29 is 18.7 Å². The van der Waals surface area contributed by atoms with Crippen molar-refractivity contribution in [3.8, 4) is 6.07 Å². The summed E-state index contributed by atoms with van der Waals surface area (Å²) in [5.41, 5.74) is 1.44. The van der Waals surface area contributed by atoms with Gasteiger partial charge in [-0.05, 0) is 25.5 Å². The summed E-state index contributed by atoms with van der Waals surface area (Å²) in [6.07, 6.45) is 0.810. The fraction of sp³-hybridized carbons (Fsp3) is 0.364. The summed E-state index contributed by atoms with van der Waals surface area (Å²) in [4.78, 5) is 30.8. The molecule has 1 aliphatic heterocycles. The summed E-state index contributed by atoms with van der Waals surface area (Å²) in [5.74, 6) is -3.74. The lowest BCUT2D eigenvalue weighted by molar-refractivity contribution is -0.0221. The Morgan fingerprint density at radius 1 is 1.36 bits per heavy atom. The Bertz CT molecular complexity index is 1330. The van der Waals surface area contributed by atoms with Gasteiger partial charge in [-0.3, -0.25) is 9.20 Å². The number of fused-ring (bicyclic) bond motifs is 1. The van der Waals surface area contributed by atoms with E-state index in [9.17, 15) is 28.7 Å². The molecular formula is C22H21F2N5O3S. The monoisotopic (exact) mass is 473 g/mol. The predicted octanol–water partition coefficient (Wildman–Crippen LogP) is 4.04. The van der Waals surface area contributed by atoms with Crippen LogP contribution in [-0.2, 0) is 0 Å². The zero-order valence-electron chi connectivity index (χ0n) is 17.9. The summed E-state index contributed by atoms with van der Waals surface area (Å²) in [7, 11) is 0. The first-order chi connectivity index (χ1) is 15.6.